The van der Waals surface area contributed by atoms with Gasteiger partial charge in [-0.05, 0) is 54.5 Å². The zero-order chi connectivity index (χ0) is 23.7. The van der Waals surface area contributed by atoms with E-state index >= 15 is 0 Å². The van der Waals surface area contributed by atoms with Gasteiger partial charge in [-0.2, -0.15) is 0 Å². The summed E-state index contributed by atoms with van der Waals surface area (Å²) < 4.78 is 19.8. The van der Waals surface area contributed by atoms with E-state index < -0.39 is 5.82 Å². The lowest BCUT2D eigenvalue weighted by Crippen LogP contribution is -2.49. The van der Waals surface area contributed by atoms with Gasteiger partial charge in [-0.1, -0.05) is 48.5 Å². The second-order valence-corrected chi connectivity index (χ2v) is 9.20. The molecule has 0 aromatic heterocycles. The van der Waals surface area contributed by atoms with Crippen molar-refractivity contribution >= 4 is 5.91 Å². The maximum absolute atomic E-state index is 14.2. The lowest BCUT2D eigenvalue weighted by atomic mass is 10.0. The summed E-state index contributed by atoms with van der Waals surface area (Å²) in [5.41, 5.74) is 5.73. The van der Waals surface area contributed by atoms with Crippen LogP contribution in [0.2, 0.25) is 0 Å². The summed E-state index contributed by atoms with van der Waals surface area (Å²) in [7, 11) is 3.87. The van der Waals surface area contributed by atoms with Gasteiger partial charge >= 0.3 is 0 Å². The number of piperazine rings is 1. The smallest absolute Gasteiger partial charge is 0.254 e. The highest BCUT2D eigenvalue weighted by molar-refractivity contribution is 5.94. The van der Waals surface area contributed by atoms with Crippen LogP contribution >= 0.6 is 0 Å². The third-order valence-corrected chi connectivity index (χ3v) is 6.74. The normalized spacial score (nSPS) is 15.9. The number of carbonyl (C=O) groups excluding carboxylic acids is 1. The number of hydrogen-bond acceptors (Lipinski definition) is 4. The van der Waals surface area contributed by atoms with E-state index in [1.807, 2.05) is 23.9 Å². The molecule has 3 aromatic rings. The molecule has 176 valence electrons. The first-order chi connectivity index (χ1) is 16.5. The minimum Gasteiger partial charge on any atom is -0.489 e. The molecule has 0 radical (unpaired) electrons. The Balaban J connectivity index is 1.28. The molecule has 0 bridgehead atoms. The second kappa shape index (κ2) is 9.57. The van der Waals surface area contributed by atoms with E-state index in [9.17, 15) is 9.18 Å². The molecule has 5 nitrogen and oxygen atoms in total. The number of rotatable bonds is 6. The second-order valence-electron chi connectivity index (χ2n) is 9.20. The van der Waals surface area contributed by atoms with E-state index in [1.54, 1.807) is 6.07 Å². The first-order valence-corrected chi connectivity index (χ1v) is 11.8. The number of hydrogen-bond donors (Lipinski definition) is 0. The lowest BCUT2D eigenvalue weighted by Gasteiger charge is -2.38. The van der Waals surface area contributed by atoms with Gasteiger partial charge in [0, 0.05) is 38.3 Å². The average Bonchev–Trinajstić information content (AvgIpc) is 3.19. The predicted octanol–water partition coefficient (Wildman–Crippen LogP) is 4.29. The minimum atomic E-state index is -0.446. The third-order valence-electron chi connectivity index (χ3n) is 6.74. The summed E-state index contributed by atoms with van der Waals surface area (Å²) in [6.07, 6.45) is 0. The number of ether oxygens (including phenoxy) is 1. The number of carbonyl (C=O) groups is 1. The van der Waals surface area contributed by atoms with Crippen molar-refractivity contribution in [1.82, 2.24) is 14.7 Å². The van der Waals surface area contributed by atoms with Crippen LogP contribution in [0.3, 0.4) is 0 Å². The fourth-order valence-electron chi connectivity index (χ4n) is 4.97. The molecule has 2 aliphatic rings. The molecular weight excluding hydrogens is 429 g/mol. The Morgan fingerprint density at radius 1 is 0.941 bits per heavy atom. The molecule has 0 atom stereocenters. The summed E-state index contributed by atoms with van der Waals surface area (Å²) >= 11 is 0. The van der Waals surface area contributed by atoms with Gasteiger partial charge in [-0.3, -0.25) is 9.69 Å². The number of likely N-dealkylation sites (N-methyl/N-ethyl adjacent to an activating group) is 1. The van der Waals surface area contributed by atoms with Gasteiger partial charge in [0.1, 0.15) is 6.61 Å². The number of benzene rings is 3. The van der Waals surface area contributed by atoms with Gasteiger partial charge in [0.15, 0.2) is 11.6 Å². The minimum absolute atomic E-state index is 0.0793. The molecule has 3 aromatic carbocycles. The summed E-state index contributed by atoms with van der Waals surface area (Å²) in [6, 6.07) is 21.8. The van der Waals surface area contributed by atoms with Crippen LogP contribution in [0.5, 0.6) is 5.75 Å². The Labute approximate surface area is 200 Å². The molecular formula is C28H30FN3O2. The lowest BCUT2D eigenvalue weighted by molar-refractivity contribution is 0.0599. The molecule has 1 aliphatic carbocycles. The fraction of sp³-hybridized carbons (Fsp3) is 0.321. The van der Waals surface area contributed by atoms with Crippen LogP contribution in [0.15, 0.2) is 66.7 Å². The highest BCUT2D eigenvalue weighted by Gasteiger charge is 2.35. The molecule has 0 spiro atoms. The zero-order valence-corrected chi connectivity index (χ0v) is 19.7. The van der Waals surface area contributed by atoms with Crippen molar-refractivity contribution in [3.8, 4) is 16.9 Å². The van der Waals surface area contributed by atoms with Crippen LogP contribution in [-0.4, -0.2) is 74.0 Å². The maximum Gasteiger partial charge on any atom is 0.254 e. The fourth-order valence-corrected chi connectivity index (χ4v) is 4.97. The molecule has 0 saturated carbocycles. The van der Waals surface area contributed by atoms with Crippen molar-refractivity contribution in [2.24, 2.45) is 0 Å². The van der Waals surface area contributed by atoms with Crippen LogP contribution in [0.1, 0.15) is 27.5 Å². The van der Waals surface area contributed by atoms with E-state index in [0.717, 1.165) is 13.1 Å². The van der Waals surface area contributed by atoms with Crippen molar-refractivity contribution in [2.75, 3.05) is 53.4 Å². The monoisotopic (exact) mass is 459 g/mol. The Bertz CT molecular complexity index is 1140. The number of fused-ring (bicyclic) bond motifs is 3. The summed E-state index contributed by atoms with van der Waals surface area (Å²) in [5, 5.41) is 0. The third kappa shape index (κ3) is 4.31. The molecule has 0 N–H and O–H groups in total. The Morgan fingerprint density at radius 3 is 2.18 bits per heavy atom. The van der Waals surface area contributed by atoms with Crippen LogP contribution in [0, 0.1) is 5.82 Å². The first-order valence-electron chi connectivity index (χ1n) is 11.8. The number of nitrogens with zero attached hydrogens (tertiary/aromatic N) is 3. The van der Waals surface area contributed by atoms with Crippen molar-refractivity contribution < 1.29 is 13.9 Å². The van der Waals surface area contributed by atoms with Gasteiger partial charge in [0.05, 0.1) is 6.04 Å². The van der Waals surface area contributed by atoms with Crippen LogP contribution < -0.4 is 4.74 Å². The van der Waals surface area contributed by atoms with Gasteiger partial charge in [0.25, 0.3) is 5.91 Å². The van der Waals surface area contributed by atoms with Crippen LogP contribution in [-0.2, 0) is 0 Å². The zero-order valence-electron chi connectivity index (χ0n) is 19.7. The van der Waals surface area contributed by atoms with Crippen LogP contribution in [0.25, 0.3) is 11.1 Å². The molecule has 6 heteroatoms. The predicted molar refractivity (Wildman–Crippen MR) is 132 cm³/mol. The van der Waals surface area contributed by atoms with Crippen molar-refractivity contribution in [1.29, 1.82) is 0 Å². The molecule has 0 unspecified atom stereocenters. The molecule has 1 fully saturated rings. The standard InChI is InChI=1S/C28H30FN3O2/c1-30(2)17-18-34-26-19-20(11-12-25(26)29)28(33)32-15-13-31(14-16-32)27-23-9-5-3-7-21(23)22-8-4-6-10-24(22)27/h3-12,19,27H,13-18H2,1-2H3. The number of halogens is 1. The molecule has 1 heterocycles. The SMILES string of the molecule is CN(C)CCOc1cc(C(=O)N2CCN(C3c4ccccc4-c4ccccc43)CC2)ccc1F. The topological polar surface area (TPSA) is 36.0 Å². The Kier molecular flexibility index (Phi) is 6.35. The van der Waals surface area contributed by atoms with E-state index in [2.05, 4.69) is 53.4 Å². The van der Waals surface area contributed by atoms with E-state index in [0.29, 0.717) is 31.8 Å². The van der Waals surface area contributed by atoms with Crippen molar-refractivity contribution in [3.63, 3.8) is 0 Å². The van der Waals surface area contributed by atoms with Gasteiger partial charge in [-0.25, -0.2) is 4.39 Å². The molecule has 5 rings (SSSR count). The average molecular weight is 460 g/mol. The van der Waals surface area contributed by atoms with Gasteiger partial charge in [0.2, 0.25) is 0 Å². The molecule has 1 saturated heterocycles. The van der Waals surface area contributed by atoms with Gasteiger partial charge in [-0.15, -0.1) is 0 Å². The van der Waals surface area contributed by atoms with Crippen molar-refractivity contribution in [3.05, 3.63) is 89.2 Å². The highest BCUT2D eigenvalue weighted by atomic mass is 19.1. The quantitative estimate of drug-likeness (QED) is 0.551. The maximum atomic E-state index is 14.2. The number of amides is 1. The molecule has 1 aliphatic heterocycles. The van der Waals surface area contributed by atoms with Crippen molar-refractivity contribution in [2.45, 2.75) is 6.04 Å². The van der Waals surface area contributed by atoms with E-state index in [1.165, 1.54) is 34.4 Å². The van der Waals surface area contributed by atoms with Gasteiger partial charge < -0.3 is 14.5 Å². The highest BCUT2D eigenvalue weighted by Crippen LogP contribution is 2.46. The largest absolute Gasteiger partial charge is 0.489 e. The Hall–Kier alpha value is -3.22. The first kappa shape index (κ1) is 22.6. The summed E-state index contributed by atoms with van der Waals surface area (Å²) in [6.45, 7) is 3.87. The van der Waals surface area contributed by atoms with Crippen LogP contribution in [0.4, 0.5) is 4.39 Å². The summed E-state index contributed by atoms with van der Waals surface area (Å²) in [4.78, 5) is 19.5. The molecule has 1 amide bonds. The molecule has 34 heavy (non-hydrogen) atoms. The summed E-state index contributed by atoms with van der Waals surface area (Å²) in [5.74, 6) is -0.395. The van der Waals surface area contributed by atoms with E-state index in [4.69, 9.17) is 4.74 Å². The Morgan fingerprint density at radius 2 is 1.56 bits per heavy atom. The van der Waals surface area contributed by atoms with E-state index in [-0.39, 0.29) is 17.7 Å².